The molecule has 20 heavy (non-hydrogen) atoms. The highest BCUT2D eigenvalue weighted by atomic mass is 32.1. The second kappa shape index (κ2) is 6.08. The lowest BCUT2D eigenvalue weighted by atomic mass is 10.2. The van der Waals surface area contributed by atoms with Gasteiger partial charge < -0.3 is 10.1 Å². The summed E-state index contributed by atoms with van der Waals surface area (Å²) in [5, 5.41) is 7.80. The summed E-state index contributed by atoms with van der Waals surface area (Å²) >= 11 is 1.21. The maximum atomic E-state index is 12.4. The summed E-state index contributed by atoms with van der Waals surface area (Å²) in [6, 6.07) is 4.55. The van der Waals surface area contributed by atoms with E-state index >= 15 is 0 Å². The van der Waals surface area contributed by atoms with Crippen LogP contribution in [0.1, 0.15) is 18.2 Å². The quantitative estimate of drug-likeness (QED) is 0.917. The van der Waals surface area contributed by atoms with Gasteiger partial charge in [0.1, 0.15) is 23.1 Å². The van der Waals surface area contributed by atoms with Crippen LogP contribution in [-0.2, 0) is 12.8 Å². The Kier molecular flexibility index (Phi) is 4.43. The minimum Gasteiger partial charge on any atom is -0.487 e. The molecule has 0 fully saturated rings. The first-order valence-corrected chi connectivity index (χ1v) is 6.63. The molecular formula is C12H12F3N3OS. The third-order valence-corrected chi connectivity index (χ3v) is 3.18. The molecule has 0 saturated carbocycles. The highest BCUT2D eigenvalue weighted by molar-refractivity contribution is 7.10. The van der Waals surface area contributed by atoms with E-state index in [1.54, 1.807) is 0 Å². The summed E-state index contributed by atoms with van der Waals surface area (Å²) in [7, 11) is 0. The molecule has 2 rings (SSSR count). The van der Waals surface area contributed by atoms with E-state index in [1.165, 1.54) is 23.7 Å². The van der Waals surface area contributed by atoms with E-state index in [0.29, 0.717) is 11.4 Å². The molecule has 0 radical (unpaired) electrons. The number of rotatable bonds is 5. The van der Waals surface area contributed by atoms with Crippen molar-refractivity contribution in [1.82, 2.24) is 9.59 Å². The van der Waals surface area contributed by atoms with Gasteiger partial charge in [-0.2, -0.15) is 13.2 Å². The van der Waals surface area contributed by atoms with Gasteiger partial charge in [-0.15, -0.1) is 5.10 Å². The van der Waals surface area contributed by atoms with Crippen molar-refractivity contribution in [3.05, 3.63) is 35.5 Å². The molecule has 2 aromatic rings. The van der Waals surface area contributed by atoms with Crippen LogP contribution in [-0.4, -0.2) is 16.1 Å². The number of aromatic nitrogens is 2. The molecule has 1 aromatic heterocycles. The van der Waals surface area contributed by atoms with Gasteiger partial charge in [0.15, 0.2) is 0 Å². The zero-order valence-corrected chi connectivity index (χ0v) is 11.4. The topological polar surface area (TPSA) is 47.0 Å². The summed E-state index contributed by atoms with van der Waals surface area (Å²) < 4.78 is 46.4. The number of ether oxygens (including phenoxy) is 1. The number of hydrogen-bond acceptors (Lipinski definition) is 5. The molecule has 1 N–H and O–H groups in total. The maximum Gasteiger partial charge on any atom is 0.416 e. The van der Waals surface area contributed by atoms with Gasteiger partial charge in [0, 0.05) is 18.1 Å². The number of nitrogens with zero attached hydrogens (tertiary/aromatic N) is 2. The first kappa shape index (κ1) is 14.6. The fraction of sp³-hybridized carbons (Fsp3) is 0.333. The van der Waals surface area contributed by atoms with Crippen molar-refractivity contribution >= 4 is 16.5 Å². The van der Waals surface area contributed by atoms with Gasteiger partial charge in [0.05, 0.1) is 5.56 Å². The predicted molar refractivity (Wildman–Crippen MR) is 69.8 cm³/mol. The molecule has 0 unspecified atom stereocenters. The van der Waals surface area contributed by atoms with E-state index < -0.39 is 11.7 Å². The van der Waals surface area contributed by atoms with E-state index in [1.807, 2.05) is 6.92 Å². The normalized spacial score (nSPS) is 11.4. The lowest BCUT2D eigenvalue weighted by Crippen LogP contribution is -2.05. The minimum atomic E-state index is -4.34. The monoisotopic (exact) mass is 303 g/mol. The second-order valence-corrected chi connectivity index (χ2v) is 4.64. The fourth-order valence-electron chi connectivity index (χ4n) is 1.49. The Hall–Kier alpha value is -1.83. The van der Waals surface area contributed by atoms with Crippen molar-refractivity contribution in [2.75, 3.05) is 11.9 Å². The van der Waals surface area contributed by atoms with Gasteiger partial charge in [-0.1, -0.05) is 4.49 Å². The largest absolute Gasteiger partial charge is 0.487 e. The van der Waals surface area contributed by atoms with Crippen molar-refractivity contribution in [2.24, 2.45) is 0 Å². The summed E-state index contributed by atoms with van der Waals surface area (Å²) in [4.78, 5) is 0. The smallest absolute Gasteiger partial charge is 0.416 e. The van der Waals surface area contributed by atoms with Crippen LogP contribution in [0.2, 0.25) is 0 Å². The van der Waals surface area contributed by atoms with Crippen LogP contribution < -0.4 is 10.1 Å². The van der Waals surface area contributed by atoms with Crippen LogP contribution in [0.15, 0.2) is 24.3 Å². The Balaban J connectivity index is 1.99. The van der Waals surface area contributed by atoms with Crippen LogP contribution >= 0.6 is 11.5 Å². The predicted octanol–water partition coefficient (Wildman–Crippen LogP) is 3.57. The van der Waals surface area contributed by atoms with Gasteiger partial charge in [-0.3, -0.25) is 0 Å². The molecule has 108 valence electrons. The number of nitrogens with one attached hydrogen (secondary N) is 1. The summed E-state index contributed by atoms with van der Waals surface area (Å²) in [5.74, 6) is 0.355. The molecular weight excluding hydrogens is 291 g/mol. The molecule has 0 saturated heterocycles. The van der Waals surface area contributed by atoms with E-state index in [-0.39, 0.29) is 6.61 Å². The summed E-state index contributed by atoms with van der Waals surface area (Å²) in [6.45, 7) is 2.83. The molecule has 0 aliphatic rings. The first-order valence-electron chi connectivity index (χ1n) is 5.86. The second-order valence-electron chi connectivity index (χ2n) is 3.89. The van der Waals surface area contributed by atoms with Crippen molar-refractivity contribution in [1.29, 1.82) is 0 Å². The number of benzene rings is 1. The standard InChI is InChI=1S/C12H12F3N3OS/c1-2-16-11-10(17-18-20-11)7-19-9-5-3-8(4-6-9)12(13,14)15/h3-6,16H,2,7H2,1H3. The van der Waals surface area contributed by atoms with Crippen LogP contribution in [0, 0.1) is 0 Å². The van der Waals surface area contributed by atoms with E-state index in [4.69, 9.17) is 4.74 Å². The van der Waals surface area contributed by atoms with Crippen molar-refractivity contribution in [2.45, 2.75) is 19.7 Å². The molecule has 8 heteroatoms. The zero-order chi connectivity index (χ0) is 14.6. The Morgan fingerprint density at radius 2 is 1.95 bits per heavy atom. The molecule has 0 atom stereocenters. The van der Waals surface area contributed by atoms with E-state index in [9.17, 15) is 13.2 Å². The van der Waals surface area contributed by atoms with Crippen LogP contribution in [0.25, 0.3) is 0 Å². The Morgan fingerprint density at radius 1 is 1.25 bits per heavy atom. The van der Waals surface area contributed by atoms with Crippen LogP contribution in [0.4, 0.5) is 18.2 Å². The number of anilines is 1. The SMILES string of the molecule is CCNc1snnc1COc1ccc(C(F)(F)F)cc1. The third kappa shape index (κ3) is 3.60. The number of hydrogen-bond donors (Lipinski definition) is 1. The molecule has 0 spiro atoms. The van der Waals surface area contributed by atoms with Gasteiger partial charge in [-0.05, 0) is 31.2 Å². The summed E-state index contributed by atoms with van der Waals surface area (Å²) in [6.07, 6.45) is -4.34. The zero-order valence-electron chi connectivity index (χ0n) is 10.6. The number of halogens is 3. The average molecular weight is 303 g/mol. The van der Waals surface area contributed by atoms with E-state index in [0.717, 1.165) is 23.7 Å². The Morgan fingerprint density at radius 3 is 2.55 bits per heavy atom. The van der Waals surface area contributed by atoms with Crippen molar-refractivity contribution in [3.8, 4) is 5.75 Å². The number of alkyl halides is 3. The van der Waals surface area contributed by atoms with Gasteiger partial charge in [-0.25, -0.2) is 0 Å². The highest BCUT2D eigenvalue weighted by Gasteiger charge is 2.30. The molecule has 0 aliphatic carbocycles. The van der Waals surface area contributed by atoms with Crippen molar-refractivity contribution < 1.29 is 17.9 Å². The molecule has 1 heterocycles. The minimum absolute atomic E-state index is 0.157. The third-order valence-electron chi connectivity index (χ3n) is 2.45. The Bertz CT molecular complexity index is 554. The molecule has 1 aromatic carbocycles. The maximum absolute atomic E-state index is 12.4. The average Bonchev–Trinajstić information content (AvgIpc) is 2.84. The van der Waals surface area contributed by atoms with Gasteiger partial charge in [0.25, 0.3) is 0 Å². The van der Waals surface area contributed by atoms with Crippen LogP contribution in [0.3, 0.4) is 0 Å². The first-order chi connectivity index (χ1) is 9.50. The highest BCUT2D eigenvalue weighted by Crippen LogP contribution is 2.30. The van der Waals surface area contributed by atoms with E-state index in [2.05, 4.69) is 14.9 Å². The molecule has 0 aliphatic heterocycles. The van der Waals surface area contributed by atoms with Crippen LogP contribution in [0.5, 0.6) is 5.75 Å². The fourth-order valence-corrected chi connectivity index (χ4v) is 2.12. The molecule has 0 bridgehead atoms. The molecule has 0 amide bonds. The Labute approximate surface area is 117 Å². The van der Waals surface area contributed by atoms with Gasteiger partial charge >= 0.3 is 6.18 Å². The summed E-state index contributed by atoms with van der Waals surface area (Å²) in [5.41, 5.74) is -0.0646. The van der Waals surface area contributed by atoms with Crippen molar-refractivity contribution in [3.63, 3.8) is 0 Å². The van der Waals surface area contributed by atoms with Gasteiger partial charge in [0.2, 0.25) is 0 Å². The molecule has 4 nitrogen and oxygen atoms in total. The lowest BCUT2D eigenvalue weighted by molar-refractivity contribution is -0.137. The lowest BCUT2D eigenvalue weighted by Gasteiger charge is -2.09.